The number of carboxylic acid groups (broad SMARTS) is 1. The minimum Gasteiger partial charge on any atom is -0.479 e. The standard InChI is InChI=1S/C12H12F4N2O4/c1-11(22,9(19)20)5-17-10(21)18-8-4-6(12(14,15)16)2-3-7(8)13/h2-4,22H,5H2,1H3,(H,19,20)(H2,17,18,21). The van der Waals surface area contributed by atoms with E-state index in [1.165, 1.54) is 0 Å². The molecule has 22 heavy (non-hydrogen) atoms. The second-order valence-electron chi connectivity index (χ2n) is 4.58. The highest BCUT2D eigenvalue weighted by Crippen LogP contribution is 2.31. The molecule has 0 fully saturated rings. The summed E-state index contributed by atoms with van der Waals surface area (Å²) in [6.45, 7) is 0.176. The van der Waals surface area contributed by atoms with E-state index in [9.17, 15) is 32.3 Å². The smallest absolute Gasteiger partial charge is 0.416 e. The summed E-state index contributed by atoms with van der Waals surface area (Å²) in [6.07, 6.45) is -4.71. The molecular formula is C12H12F4N2O4. The Kier molecular flexibility index (Phi) is 4.97. The van der Waals surface area contributed by atoms with Gasteiger partial charge in [-0.05, 0) is 25.1 Å². The zero-order chi connectivity index (χ0) is 17.1. The maximum Gasteiger partial charge on any atom is 0.416 e. The van der Waals surface area contributed by atoms with E-state index in [2.05, 4.69) is 0 Å². The molecule has 0 aliphatic rings. The Hall–Kier alpha value is -2.36. The van der Waals surface area contributed by atoms with Crippen molar-refractivity contribution in [2.45, 2.75) is 18.7 Å². The lowest BCUT2D eigenvalue weighted by Crippen LogP contribution is -2.47. The Morgan fingerprint density at radius 1 is 1.27 bits per heavy atom. The number of carbonyl (C=O) groups is 2. The number of urea groups is 1. The van der Waals surface area contributed by atoms with Crippen molar-refractivity contribution < 1.29 is 37.4 Å². The fourth-order valence-electron chi connectivity index (χ4n) is 1.29. The van der Waals surface area contributed by atoms with Gasteiger partial charge in [0.05, 0.1) is 17.8 Å². The van der Waals surface area contributed by atoms with E-state index >= 15 is 0 Å². The number of aliphatic carboxylic acids is 1. The van der Waals surface area contributed by atoms with E-state index in [4.69, 9.17) is 5.11 Å². The normalized spacial score (nSPS) is 14.1. The SMILES string of the molecule is CC(O)(CNC(=O)Nc1cc(C(F)(F)F)ccc1F)C(=O)O. The van der Waals surface area contributed by atoms with Gasteiger partial charge in [0, 0.05) is 0 Å². The molecule has 4 N–H and O–H groups in total. The van der Waals surface area contributed by atoms with Gasteiger partial charge in [0.2, 0.25) is 0 Å². The van der Waals surface area contributed by atoms with Crippen molar-refractivity contribution in [1.29, 1.82) is 0 Å². The van der Waals surface area contributed by atoms with Crippen molar-refractivity contribution in [1.82, 2.24) is 5.32 Å². The predicted molar refractivity (Wildman–Crippen MR) is 66.7 cm³/mol. The van der Waals surface area contributed by atoms with Crippen molar-refractivity contribution >= 4 is 17.7 Å². The maximum atomic E-state index is 13.4. The number of nitrogens with one attached hydrogen (secondary N) is 2. The van der Waals surface area contributed by atoms with Crippen molar-refractivity contribution in [3.63, 3.8) is 0 Å². The predicted octanol–water partition coefficient (Wildman–Crippen LogP) is 1.80. The highest BCUT2D eigenvalue weighted by Gasteiger charge is 2.32. The summed E-state index contributed by atoms with van der Waals surface area (Å²) in [5.41, 5.74) is -4.17. The van der Waals surface area contributed by atoms with Crippen LogP contribution in [0.5, 0.6) is 0 Å². The molecule has 1 aromatic carbocycles. The number of halogens is 4. The molecule has 0 saturated heterocycles. The molecule has 1 atom stereocenters. The van der Waals surface area contributed by atoms with E-state index in [1.807, 2.05) is 5.32 Å². The fraction of sp³-hybridized carbons (Fsp3) is 0.333. The van der Waals surface area contributed by atoms with Gasteiger partial charge < -0.3 is 20.8 Å². The third-order valence-corrected chi connectivity index (χ3v) is 2.60. The molecule has 0 spiro atoms. The van der Waals surface area contributed by atoms with Crippen LogP contribution in [0.3, 0.4) is 0 Å². The van der Waals surface area contributed by atoms with Crippen molar-refractivity contribution in [3.05, 3.63) is 29.6 Å². The van der Waals surface area contributed by atoms with Crippen molar-refractivity contribution in [2.24, 2.45) is 0 Å². The molecule has 1 rings (SSSR count). The monoisotopic (exact) mass is 324 g/mol. The van der Waals surface area contributed by atoms with E-state index in [0.29, 0.717) is 18.2 Å². The molecule has 2 amide bonds. The average Bonchev–Trinajstić information content (AvgIpc) is 2.37. The first-order valence-corrected chi connectivity index (χ1v) is 5.81. The molecule has 0 heterocycles. The molecule has 0 bridgehead atoms. The Morgan fingerprint density at radius 3 is 2.36 bits per heavy atom. The Labute approximate surface area is 121 Å². The van der Waals surface area contributed by atoms with Crippen LogP contribution in [-0.2, 0) is 11.0 Å². The molecule has 6 nitrogen and oxygen atoms in total. The lowest BCUT2D eigenvalue weighted by Gasteiger charge is -2.18. The molecule has 0 radical (unpaired) electrons. The molecular weight excluding hydrogens is 312 g/mol. The number of hydrogen-bond acceptors (Lipinski definition) is 3. The van der Waals surface area contributed by atoms with Crippen LogP contribution in [0.2, 0.25) is 0 Å². The summed E-state index contributed by atoms with van der Waals surface area (Å²) in [5, 5.41) is 21.7. The van der Waals surface area contributed by atoms with Gasteiger partial charge in [0.15, 0.2) is 5.60 Å². The molecule has 122 valence electrons. The quantitative estimate of drug-likeness (QED) is 0.635. The number of carbonyl (C=O) groups excluding carboxylic acids is 1. The zero-order valence-electron chi connectivity index (χ0n) is 11.2. The topological polar surface area (TPSA) is 98.7 Å². The van der Waals surface area contributed by atoms with E-state index in [-0.39, 0.29) is 0 Å². The number of rotatable bonds is 4. The molecule has 10 heteroatoms. The molecule has 1 aromatic rings. The van der Waals surface area contributed by atoms with Crippen molar-refractivity contribution in [2.75, 3.05) is 11.9 Å². The minimum atomic E-state index is -4.71. The summed E-state index contributed by atoms with van der Waals surface area (Å²) >= 11 is 0. The summed E-state index contributed by atoms with van der Waals surface area (Å²) in [4.78, 5) is 22.0. The number of anilines is 1. The fourth-order valence-corrected chi connectivity index (χ4v) is 1.29. The van der Waals surface area contributed by atoms with Crippen LogP contribution in [0.1, 0.15) is 12.5 Å². The number of amides is 2. The Morgan fingerprint density at radius 2 is 1.86 bits per heavy atom. The van der Waals surface area contributed by atoms with Crippen LogP contribution in [0.4, 0.5) is 28.0 Å². The second-order valence-corrected chi connectivity index (χ2v) is 4.58. The summed E-state index contributed by atoms with van der Waals surface area (Å²) in [5.74, 6) is -2.72. The van der Waals surface area contributed by atoms with Gasteiger partial charge in [0.1, 0.15) is 5.82 Å². The Bertz CT molecular complexity index is 587. The first-order chi connectivity index (χ1) is 9.93. The highest BCUT2D eigenvalue weighted by molar-refractivity contribution is 5.90. The number of aliphatic hydroxyl groups is 1. The first kappa shape index (κ1) is 17.7. The van der Waals surface area contributed by atoms with Crippen LogP contribution >= 0.6 is 0 Å². The average molecular weight is 324 g/mol. The summed E-state index contributed by atoms with van der Waals surface area (Å²) in [7, 11) is 0. The highest BCUT2D eigenvalue weighted by atomic mass is 19.4. The van der Waals surface area contributed by atoms with E-state index in [1.54, 1.807) is 5.32 Å². The molecule has 0 aromatic heterocycles. The van der Waals surface area contributed by atoms with Crippen LogP contribution in [0.25, 0.3) is 0 Å². The number of benzene rings is 1. The summed E-state index contributed by atoms with van der Waals surface area (Å²) < 4.78 is 50.8. The molecule has 0 saturated carbocycles. The number of carboxylic acids is 1. The molecule has 0 aliphatic carbocycles. The van der Waals surface area contributed by atoms with Gasteiger partial charge in [-0.1, -0.05) is 0 Å². The van der Waals surface area contributed by atoms with Gasteiger partial charge in [-0.15, -0.1) is 0 Å². The number of hydrogen-bond donors (Lipinski definition) is 4. The van der Waals surface area contributed by atoms with E-state index < -0.39 is 47.4 Å². The minimum absolute atomic E-state index is 0.393. The maximum absolute atomic E-state index is 13.4. The third-order valence-electron chi connectivity index (χ3n) is 2.60. The van der Waals surface area contributed by atoms with Gasteiger partial charge >= 0.3 is 18.2 Å². The van der Waals surface area contributed by atoms with Gasteiger partial charge in [-0.3, -0.25) is 0 Å². The van der Waals surface area contributed by atoms with Gasteiger partial charge in [0.25, 0.3) is 0 Å². The van der Waals surface area contributed by atoms with Gasteiger partial charge in [-0.2, -0.15) is 13.2 Å². The third kappa shape index (κ3) is 4.58. The van der Waals surface area contributed by atoms with Gasteiger partial charge in [-0.25, -0.2) is 14.0 Å². The molecule has 1 unspecified atom stereocenters. The lowest BCUT2D eigenvalue weighted by molar-refractivity contribution is -0.155. The first-order valence-electron chi connectivity index (χ1n) is 5.81. The van der Waals surface area contributed by atoms with Crippen LogP contribution in [0.15, 0.2) is 18.2 Å². The van der Waals surface area contributed by atoms with E-state index in [0.717, 1.165) is 6.92 Å². The zero-order valence-corrected chi connectivity index (χ0v) is 11.2. The van der Waals surface area contributed by atoms with Crippen LogP contribution in [0, 0.1) is 5.82 Å². The molecule has 0 aliphatic heterocycles. The largest absolute Gasteiger partial charge is 0.479 e. The Balaban J connectivity index is 2.79. The summed E-state index contributed by atoms with van der Waals surface area (Å²) in [6, 6.07) is 0.267. The van der Waals surface area contributed by atoms with Crippen molar-refractivity contribution in [3.8, 4) is 0 Å². The lowest BCUT2D eigenvalue weighted by atomic mass is 10.1. The van der Waals surface area contributed by atoms with Crippen LogP contribution < -0.4 is 10.6 Å². The number of alkyl halides is 3. The van der Waals surface area contributed by atoms with Crippen LogP contribution in [-0.4, -0.2) is 34.4 Å². The second kappa shape index (κ2) is 6.18.